The number of thioether (sulfide) groups is 1. The molecule has 34 heavy (non-hydrogen) atoms. The summed E-state index contributed by atoms with van der Waals surface area (Å²) < 4.78 is 7.34. The van der Waals surface area contributed by atoms with E-state index in [4.69, 9.17) is 27.9 Å². The van der Waals surface area contributed by atoms with Gasteiger partial charge >= 0.3 is 0 Å². The van der Waals surface area contributed by atoms with E-state index in [1.165, 1.54) is 11.8 Å². The molecule has 9 heteroatoms. The van der Waals surface area contributed by atoms with E-state index < -0.39 is 0 Å². The smallest absolute Gasteiger partial charge is 0.246 e. The molecule has 0 spiro atoms. The van der Waals surface area contributed by atoms with Crippen molar-refractivity contribution in [2.24, 2.45) is 0 Å². The third-order valence-corrected chi connectivity index (χ3v) is 6.40. The topological polar surface area (TPSA) is 69.0 Å². The summed E-state index contributed by atoms with van der Waals surface area (Å²) in [5.41, 5.74) is 2.81. The standard InChI is InChI=1S/C25H22Cl2N4O2S/c26-20-11-12-21(27)22(13-20)31-23(29-30-25(31)34-17-19-9-5-2-6-10-19)14-28-24(32)16-33-15-18-7-3-1-4-8-18/h1-13H,14-17H2,(H,28,32). The summed E-state index contributed by atoms with van der Waals surface area (Å²) in [6.07, 6.45) is 0. The number of hydrogen-bond donors (Lipinski definition) is 1. The van der Waals surface area contributed by atoms with Crippen LogP contribution in [0.1, 0.15) is 17.0 Å². The van der Waals surface area contributed by atoms with Crippen LogP contribution in [0, 0.1) is 0 Å². The first-order chi connectivity index (χ1) is 16.6. The molecule has 1 amide bonds. The number of rotatable bonds is 10. The minimum Gasteiger partial charge on any atom is -0.367 e. The molecule has 0 aliphatic carbocycles. The molecule has 0 atom stereocenters. The van der Waals surface area contributed by atoms with Crippen LogP contribution in [0.3, 0.4) is 0 Å². The van der Waals surface area contributed by atoms with Crippen molar-refractivity contribution in [3.63, 3.8) is 0 Å². The van der Waals surface area contributed by atoms with Gasteiger partial charge in [-0.15, -0.1) is 10.2 Å². The maximum absolute atomic E-state index is 12.3. The van der Waals surface area contributed by atoms with Gasteiger partial charge in [-0.25, -0.2) is 0 Å². The Hall–Kier alpha value is -2.84. The fraction of sp³-hybridized carbons (Fsp3) is 0.160. The molecule has 4 aromatic rings. The lowest BCUT2D eigenvalue weighted by Gasteiger charge is -2.13. The van der Waals surface area contributed by atoms with Gasteiger partial charge in [0, 0.05) is 10.8 Å². The van der Waals surface area contributed by atoms with E-state index in [-0.39, 0.29) is 19.1 Å². The largest absolute Gasteiger partial charge is 0.367 e. The number of benzene rings is 3. The maximum Gasteiger partial charge on any atom is 0.246 e. The zero-order chi connectivity index (χ0) is 23.8. The van der Waals surface area contributed by atoms with Crippen LogP contribution in [0.2, 0.25) is 10.0 Å². The van der Waals surface area contributed by atoms with Crippen LogP contribution in [-0.4, -0.2) is 27.3 Å². The highest BCUT2D eigenvalue weighted by atomic mass is 35.5. The van der Waals surface area contributed by atoms with Gasteiger partial charge in [0.25, 0.3) is 0 Å². The Morgan fingerprint density at radius 1 is 0.941 bits per heavy atom. The summed E-state index contributed by atoms with van der Waals surface area (Å²) in [6, 6.07) is 25.0. The highest BCUT2D eigenvalue weighted by Gasteiger charge is 2.18. The summed E-state index contributed by atoms with van der Waals surface area (Å²) in [5, 5.41) is 13.2. The van der Waals surface area contributed by atoms with E-state index in [2.05, 4.69) is 27.6 Å². The van der Waals surface area contributed by atoms with Gasteiger partial charge in [-0.2, -0.15) is 0 Å². The lowest BCUT2D eigenvalue weighted by Crippen LogP contribution is -2.28. The number of ether oxygens (including phenoxy) is 1. The van der Waals surface area contributed by atoms with E-state index in [9.17, 15) is 4.79 Å². The number of nitrogens with zero attached hydrogens (tertiary/aromatic N) is 3. The normalized spacial score (nSPS) is 10.9. The van der Waals surface area contributed by atoms with Crippen LogP contribution in [0.4, 0.5) is 0 Å². The Morgan fingerprint density at radius 2 is 1.65 bits per heavy atom. The second-order valence-electron chi connectivity index (χ2n) is 7.36. The van der Waals surface area contributed by atoms with Gasteiger partial charge in [0.2, 0.25) is 5.91 Å². The molecule has 1 N–H and O–H groups in total. The van der Waals surface area contributed by atoms with Crippen molar-refractivity contribution in [3.05, 3.63) is 106 Å². The zero-order valence-corrected chi connectivity index (χ0v) is 20.5. The first kappa shape index (κ1) is 24.3. The van der Waals surface area contributed by atoms with Crippen LogP contribution in [-0.2, 0) is 28.4 Å². The number of carbonyl (C=O) groups is 1. The minimum atomic E-state index is -0.249. The molecule has 0 unspecified atom stereocenters. The first-order valence-corrected chi connectivity index (χ1v) is 12.3. The minimum absolute atomic E-state index is 0.0590. The molecule has 6 nitrogen and oxygen atoms in total. The predicted octanol–water partition coefficient (Wildman–Crippen LogP) is 5.70. The molecule has 0 aliphatic heterocycles. The van der Waals surface area contributed by atoms with Crippen molar-refractivity contribution in [2.75, 3.05) is 6.61 Å². The zero-order valence-electron chi connectivity index (χ0n) is 18.2. The number of hydrogen-bond acceptors (Lipinski definition) is 5. The molecular weight excluding hydrogens is 491 g/mol. The van der Waals surface area contributed by atoms with Crippen LogP contribution < -0.4 is 5.32 Å². The number of amides is 1. The highest BCUT2D eigenvalue weighted by molar-refractivity contribution is 7.98. The molecule has 174 valence electrons. The second-order valence-corrected chi connectivity index (χ2v) is 9.15. The lowest BCUT2D eigenvalue weighted by molar-refractivity contribution is -0.126. The molecule has 1 heterocycles. The monoisotopic (exact) mass is 512 g/mol. The SMILES string of the molecule is O=C(COCc1ccccc1)NCc1nnc(SCc2ccccc2)n1-c1cc(Cl)ccc1Cl. The summed E-state index contributed by atoms with van der Waals surface area (Å²) in [7, 11) is 0. The summed E-state index contributed by atoms with van der Waals surface area (Å²) in [5.74, 6) is 0.994. The Balaban J connectivity index is 1.46. The fourth-order valence-corrected chi connectivity index (χ4v) is 4.48. The molecule has 1 aromatic heterocycles. The van der Waals surface area contributed by atoms with Crippen molar-refractivity contribution in [2.45, 2.75) is 24.1 Å². The third kappa shape index (κ3) is 6.61. The van der Waals surface area contributed by atoms with Crippen LogP contribution in [0.25, 0.3) is 5.69 Å². The van der Waals surface area contributed by atoms with Gasteiger partial charge in [0.15, 0.2) is 11.0 Å². The van der Waals surface area contributed by atoms with Gasteiger partial charge in [0.1, 0.15) is 6.61 Å². The van der Waals surface area contributed by atoms with E-state index in [0.717, 1.165) is 11.1 Å². The van der Waals surface area contributed by atoms with E-state index >= 15 is 0 Å². The molecular formula is C25H22Cl2N4O2S. The van der Waals surface area contributed by atoms with E-state index in [1.807, 2.05) is 53.1 Å². The average molecular weight is 513 g/mol. The second kappa shape index (κ2) is 12.0. The van der Waals surface area contributed by atoms with Crippen LogP contribution in [0.5, 0.6) is 0 Å². The number of halogens is 2. The number of carbonyl (C=O) groups excluding carboxylic acids is 1. The van der Waals surface area contributed by atoms with Crippen molar-refractivity contribution < 1.29 is 9.53 Å². The lowest BCUT2D eigenvalue weighted by atomic mass is 10.2. The molecule has 0 saturated carbocycles. The van der Waals surface area contributed by atoms with Crippen molar-refractivity contribution in [3.8, 4) is 5.69 Å². The molecule has 0 saturated heterocycles. The van der Waals surface area contributed by atoms with Gasteiger partial charge in [-0.1, -0.05) is 95.6 Å². The van der Waals surface area contributed by atoms with Crippen LogP contribution in [0.15, 0.2) is 84.0 Å². The first-order valence-electron chi connectivity index (χ1n) is 10.5. The quantitative estimate of drug-likeness (QED) is 0.276. The maximum atomic E-state index is 12.3. The summed E-state index contributed by atoms with van der Waals surface area (Å²) >= 11 is 14.3. The Kier molecular flexibility index (Phi) is 8.60. The van der Waals surface area contributed by atoms with Crippen LogP contribution >= 0.6 is 35.0 Å². The third-order valence-electron chi connectivity index (χ3n) is 4.85. The van der Waals surface area contributed by atoms with Gasteiger partial charge in [-0.3, -0.25) is 9.36 Å². The summed E-state index contributed by atoms with van der Waals surface area (Å²) in [6.45, 7) is 0.467. The van der Waals surface area contributed by atoms with Crippen molar-refractivity contribution in [1.29, 1.82) is 0 Å². The molecule has 4 rings (SSSR count). The fourth-order valence-electron chi connectivity index (χ4n) is 3.19. The highest BCUT2D eigenvalue weighted by Crippen LogP contribution is 2.30. The Morgan fingerprint density at radius 3 is 2.38 bits per heavy atom. The van der Waals surface area contributed by atoms with Gasteiger partial charge in [0.05, 0.1) is 23.9 Å². The van der Waals surface area contributed by atoms with Gasteiger partial charge < -0.3 is 10.1 Å². The number of aromatic nitrogens is 3. The van der Waals surface area contributed by atoms with Gasteiger partial charge in [-0.05, 0) is 29.3 Å². The molecule has 0 bridgehead atoms. The molecule has 0 radical (unpaired) electrons. The Labute approximate surface area is 212 Å². The van der Waals surface area contributed by atoms with Crippen molar-refractivity contribution in [1.82, 2.24) is 20.1 Å². The Bertz CT molecular complexity index is 1240. The molecule has 0 aliphatic rings. The molecule has 3 aromatic carbocycles. The molecule has 0 fully saturated rings. The number of nitrogens with one attached hydrogen (secondary N) is 1. The van der Waals surface area contributed by atoms with Crippen molar-refractivity contribution >= 4 is 40.9 Å². The summed E-state index contributed by atoms with van der Waals surface area (Å²) in [4.78, 5) is 12.3. The predicted molar refractivity (Wildman–Crippen MR) is 135 cm³/mol. The van der Waals surface area contributed by atoms with E-state index in [1.54, 1.807) is 18.2 Å². The average Bonchev–Trinajstić information content (AvgIpc) is 3.27. The van der Waals surface area contributed by atoms with E-state index in [0.29, 0.717) is 39.1 Å².